The zero-order valence-corrected chi connectivity index (χ0v) is 17.9. The average molecular weight is 444 g/mol. The molecule has 5 rings (SSSR count). The maximum Gasteiger partial charge on any atom is 0.320 e. The molecule has 3 heterocycles. The van der Waals surface area contributed by atoms with Gasteiger partial charge in [-0.3, -0.25) is 9.13 Å². The molecule has 0 aliphatic heterocycles. The largest absolute Gasteiger partial charge is 0.461 e. The number of furan rings is 1. The van der Waals surface area contributed by atoms with Crippen LogP contribution in [0.25, 0.3) is 22.6 Å². The highest BCUT2D eigenvalue weighted by Crippen LogP contribution is 2.41. The SMILES string of the molecule is CC(Sc1nnc(-c2ccco2)n1C1CCCCC1)c1nc2ccccc2n1C(F)F. The number of nitrogens with zero attached hydrogens (tertiary/aromatic N) is 5. The zero-order valence-electron chi connectivity index (χ0n) is 17.1. The summed E-state index contributed by atoms with van der Waals surface area (Å²) in [4.78, 5) is 4.52. The highest BCUT2D eigenvalue weighted by Gasteiger charge is 2.28. The number of benzene rings is 1. The lowest BCUT2D eigenvalue weighted by Crippen LogP contribution is -2.15. The molecule has 1 saturated carbocycles. The molecule has 0 radical (unpaired) electrons. The van der Waals surface area contributed by atoms with Gasteiger partial charge in [-0.15, -0.1) is 10.2 Å². The first-order chi connectivity index (χ1) is 15.1. The van der Waals surface area contributed by atoms with E-state index in [1.807, 2.05) is 25.1 Å². The normalized spacial score (nSPS) is 16.4. The molecule has 0 bridgehead atoms. The number of thioether (sulfide) groups is 1. The third-order valence-electron chi connectivity index (χ3n) is 5.81. The van der Waals surface area contributed by atoms with Crippen molar-refractivity contribution in [3.63, 3.8) is 0 Å². The Labute approximate surface area is 182 Å². The van der Waals surface area contributed by atoms with Gasteiger partial charge in [0.1, 0.15) is 5.82 Å². The molecule has 0 saturated heterocycles. The summed E-state index contributed by atoms with van der Waals surface area (Å²) in [6.45, 7) is -0.780. The van der Waals surface area contributed by atoms with Crippen molar-refractivity contribution >= 4 is 22.8 Å². The minimum atomic E-state index is -2.67. The van der Waals surface area contributed by atoms with E-state index in [4.69, 9.17) is 4.42 Å². The topological polar surface area (TPSA) is 61.7 Å². The number of imidazole rings is 1. The predicted molar refractivity (Wildman–Crippen MR) is 115 cm³/mol. The Hall–Kier alpha value is -2.68. The molecular weight excluding hydrogens is 420 g/mol. The summed E-state index contributed by atoms with van der Waals surface area (Å²) in [7, 11) is 0. The predicted octanol–water partition coefficient (Wildman–Crippen LogP) is 6.64. The third-order valence-corrected chi connectivity index (χ3v) is 6.86. The molecule has 1 fully saturated rings. The Balaban J connectivity index is 1.53. The number of para-hydroxylation sites is 2. The van der Waals surface area contributed by atoms with Crippen LogP contribution in [0.5, 0.6) is 0 Å². The Morgan fingerprint density at radius 2 is 1.87 bits per heavy atom. The fraction of sp³-hybridized carbons (Fsp3) is 0.409. The van der Waals surface area contributed by atoms with E-state index < -0.39 is 6.55 Å². The summed E-state index contributed by atoms with van der Waals surface area (Å²) in [5, 5.41) is 9.21. The van der Waals surface area contributed by atoms with Crippen LogP contribution in [0.15, 0.2) is 52.2 Å². The Morgan fingerprint density at radius 3 is 2.61 bits per heavy atom. The van der Waals surface area contributed by atoms with Gasteiger partial charge in [0, 0.05) is 6.04 Å². The summed E-state index contributed by atoms with van der Waals surface area (Å²) < 4.78 is 36.6. The zero-order chi connectivity index (χ0) is 21.4. The van der Waals surface area contributed by atoms with E-state index in [0.29, 0.717) is 33.6 Å². The fourth-order valence-electron chi connectivity index (χ4n) is 4.37. The molecular formula is C22H23F2N5OS. The van der Waals surface area contributed by atoms with E-state index in [1.165, 1.54) is 18.2 Å². The van der Waals surface area contributed by atoms with E-state index in [-0.39, 0.29) is 11.3 Å². The van der Waals surface area contributed by atoms with Crippen molar-refractivity contribution in [2.45, 2.75) is 62.0 Å². The molecule has 1 atom stereocenters. The lowest BCUT2D eigenvalue weighted by Gasteiger charge is -2.25. The molecule has 0 amide bonds. The maximum absolute atomic E-state index is 13.9. The van der Waals surface area contributed by atoms with Gasteiger partial charge in [-0.25, -0.2) is 4.98 Å². The quantitative estimate of drug-likeness (QED) is 0.313. The number of alkyl halides is 2. The second-order valence-electron chi connectivity index (χ2n) is 7.81. The molecule has 1 aromatic carbocycles. The van der Waals surface area contributed by atoms with E-state index in [2.05, 4.69) is 19.7 Å². The summed E-state index contributed by atoms with van der Waals surface area (Å²) >= 11 is 1.41. The van der Waals surface area contributed by atoms with Gasteiger partial charge in [-0.1, -0.05) is 43.2 Å². The van der Waals surface area contributed by atoms with Crippen molar-refractivity contribution in [2.24, 2.45) is 0 Å². The number of rotatable bonds is 6. The lowest BCUT2D eigenvalue weighted by atomic mass is 9.95. The van der Waals surface area contributed by atoms with Crippen LogP contribution in [-0.4, -0.2) is 24.3 Å². The second-order valence-corrected chi connectivity index (χ2v) is 9.12. The average Bonchev–Trinajstić information content (AvgIpc) is 3.52. The molecule has 9 heteroatoms. The van der Waals surface area contributed by atoms with Crippen LogP contribution in [-0.2, 0) is 0 Å². The number of aromatic nitrogens is 5. The van der Waals surface area contributed by atoms with Crippen LogP contribution >= 0.6 is 11.8 Å². The highest BCUT2D eigenvalue weighted by molar-refractivity contribution is 7.99. The van der Waals surface area contributed by atoms with Gasteiger partial charge in [0.15, 0.2) is 10.9 Å². The van der Waals surface area contributed by atoms with E-state index in [1.54, 1.807) is 24.5 Å². The lowest BCUT2D eigenvalue weighted by molar-refractivity contribution is 0.0715. The van der Waals surface area contributed by atoms with Crippen molar-refractivity contribution in [3.05, 3.63) is 48.5 Å². The minimum Gasteiger partial charge on any atom is -0.461 e. The second kappa shape index (κ2) is 8.45. The smallest absolute Gasteiger partial charge is 0.320 e. The number of hydrogen-bond acceptors (Lipinski definition) is 5. The van der Waals surface area contributed by atoms with Crippen molar-refractivity contribution in [2.75, 3.05) is 0 Å². The molecule has 0 spiro atoms. The van der Waals surface area contributed by atoms with Crippen molar-refractivity contribution in [3.8, 4) is 11.6 Å². The third kappa shape index (κ3) is 3.75. The molecule has 31 heavy (non-hydrogen) atoms. The van der Waals surface area contributed by atoms with Gasteiger partial charge in [-0.05, 0) is 44.0 Å². The van der Waals surface area contributed by atoms with Gasteiger partial charge in [-0.2, -0.15) is 8.78 Å². The number of hydrogen-bond donors (Lipinski definition) is 0. The van der Waals surface area contributed by atoms with Gasteiger partial charge >= 0.3 is 6.55 Å². The van der Waals surface area contributed by atoms with Crippen LogP contribution in [0, 0.1) is 0 Å². The van der Waals surface area contributed by atoms with Crippen molar-refractivity contribution in [1.82, 2.24) is 24.3 Å². The molecule has 3 aromatic heterocycles. The molecule has 1 unspecified atom stereocenters. The fourth-order valence-corrected chi connectivity index (χ4v) is 5.39. The van der Waals surface area contributed by atoms with E-state index >= 15 is 0 Å². The molecule has 0 N–H and O–H groups in total. The van der Waals surface area contributed by atoms with Crippen LogP contribution in [0.1, 0.15) is 62.7 Å². The van der Waals surface area contributed by atoms with Crippen LogP contribution < -0.4 is 0 Å². The summed E-state index contributed by atoms with van der Waals surface area (Å²) in [6.07, 6.45) is 7.25. The van der Waals surface area contributed by atoms with Gasteiger partial charge in [0.2, 0.25) is 5.82 Å². The standard InChI is InChI=1S/C22H23F2N5OS/c1-14(19-25-16-10-5-6-11-17(16)29(19)21(23)24)31-22-27-26-20(18-12-7-13-30-18)28(22)15-8-3-2-4-9-15/h5-7,10-15,21H,2-4,8-9H2,1H3. The van der Waals surface area contributed by atoms with Gasteiger partial charge in [0.25, 0.3) is 0 Å². The van der Waals surface area contributed by atoms with Gasteiger partial charge < -0.3 is 4.42 Å². The van der Waals surface area contributed by atoms with Gasteiger partial charge in [0.05, 0.1) is 22.5 Å². The maximum atomic E-state index is 13.9. The van der Waals surface area contributed by atoms with Crippen molar-refractivity contribution < 1.29 is 13.2 Å². The Morgan fingerprint density at radius 1 is 1.06 bits per heavy atom. The molecule has 4 aromatic rings. The molecule has 1 aliphatic carbocycles. The number of halogens is 2. The first-order valence-electron chi connectivity index (χ1n) is 10.5. The van der Waals surface area contributed by atoms with Crippen molar-refractivity contribution in [1.29, 1.82) is 0 Å². The first kappa shape index (κ1) is 20.2. The minimum absolute atomic E-state index is 0.271. The number of fused-ring (bicyclic) bond motifs is 1. The Kier molecular flexibility index (Phi) is 5.52. The van der Waals surface area contributed by atoms with Crippen LogP contribution in [0.3, 0.4) is 0 Å². The summed E-state index contributed by atoms with van der Waals surface area (Å²) in [5.41, 5.74) is 1.00. The highest BCUT2D eigenvalue weighted by atomic mass is 32.2. The van der Waals surface area contributed by atoms with Crippen LogP contribution in [0.2, 0.25) is 0 Å². The van der Waals surface area contributed by atoms with E-state index in [0.717, 1.165) is 30.3 Å². The summed E-state index contributed by atoms with van der Waals surface area (Å²) in [6, 6.07) is 11.0. The molecule has 6 nitrogen and oxygen atoms in total. The Bertz CT molecular complexity index is 1160. The van der Waals surface area contributed by atoms with E-state index in [9.17, 15) is 8.78 Å². The van der Waals surface area contributed by atoms with Crippen LogP contribution in [0.4, 0.5) is 8.78 Å². The first-order valence-corrected chi connectivity index (χ1v) is 11.4. The molecule has 1 aliphatic rings. The molecule has 162 valence electrons. The monoisotopic (exact) mass is 443 g/mol. The summed E-state index contributed by atoms with van der Waals surface area (Å²) in [5.74, 6) is 1.69.